The molecule has 2 rings (SSSR count). The molecule has 2 aliphatic rings. The molecule has 0 aromatic heterocycles. The van der Waals surface area contributed by atoms with E-state index in [1.165, 1.54) is 0 Å². The third-order valence-electron chi connectivity index (χ3n) is 3.58. The standard InChI is InChI=1S/C13H22N2O2S2/c1-14(2)9-8-19(18-13(9)15(3)4)12-10(16)6-5-7-11(12)17/h9,13H,5-8H2,1-4H3. The zero-order chi connectivity index (χ0) is 14.2. The van der Waals surface area contributed by atoms with Crippen LogP contribution in [-0.4, -0.2) is 71.6 Å². The summed E-state index contributed by atoms with van der Waals surface area (Å²) in [5.74, 6) is 1.13. The minimum absolute atomic E-state index is 0.101. The first-order valence-corrected chi connectivity index (χ1v) is 9.35. The number of hydrogen-bond donors (Lipinski definition) is 0. The van der Waals surface area contributed by atoms with Crippen LogP contribution < -0.4 is 0 Å². The second kappa shape index (κ2) is 6.08. The van der Waals surface area contributed by atoms with E-state index in [-0.39, 0.29) is 21.1 Å². The van der Waals surface area contributed by atoms with Gasteiger partial charge >= 0.3 is 0 Å². The van der Waals surface area contributed by atoms with Crippen molar-refractivity contribution in [2.24, 2.45) is 0 Å². The fourth-order valence-electron chi connectivity index (χ4n) is 2.47. The van der Waals surface area contributed by atoms with Crippen LogP contribution in [0.15, 0.2) is 0 Å². The Labute approximate surface area is 121 Å². The zero-order valence-corrected chi connectivity index (χ0v) is 13.6. The number of ketones is 2. The molecule has 108 valence electrons. The second-order valence-corrected chi connectivity index (χ2v) is 9.42. The molecular weight excluding hydrogens is 280 g/mol. The normalized spacial score (nSPS) is 32.7. The Morgan fingerprint density at radius 3 is 2.05 bits per heavy atom. The molecule has 0 amide bonds. The summed E-state index contributed by atoms with van der Waals surface area (Å²) in [6.07, 6.45) is 1.85. The highest BCUT2D eigenvalue weighted by Crippen LogP contribution is 2.48. The Balaban J connectivity index is 2.31. The molecule has 0 spiro atoms. The fraction of sp³-hybridized carbons (Fsp3) is 0.769. The zero-order valence-electron chi connectivity index (χ0n) is 12.0. The first kappa shape index (κ1) is 15.2. The summed E-state index contributed by atoms with van der Waals surface area (Å²) in [7, 11) is 9.86. The van der Waals surface area contributed by atoms with Gasteiger partial charge in [-0.1, -0.05) is 10.8 Å². The van der Waals surface area contributed by atoms with E-state index >= 15 is 0 Å². The van der Waals surface area contributed by atoms with Gasteiger partial charge < -0.3 is 4.90 Å². The Morgan fingerprint density at radius 2 is 1.63 bits per heavy atom. The molecule has 19 heavy (non-hydrogen) atoms. The molecule has 3 atom stereocenters. The van der Waals surface area contributed by atoms with Gasteiger partial charge in [0.2, 0.25) is 0 Å². The minimum Gasteiger partial charge on any atom is -0.303 e. The Bertz CT molecular complexity index is 396. The molecule has 0 aromatic rings. The number of carbonyl (C=O) groups excluding carboxylic acids is 2. The molecule has 0 aromatic carbocycles. The molecule has 0 bridgehead atoms. The number of nitrogens with zero attached hydrogens (tertiary/aromatic N) is 2. The summed E-state index contributed by atoms with van der Waals surface area (Å²) >= 11 is 0. The molecule has 1 heterocycles. The molecule has 1 aliphatic carbocycles. The van der Waals surface area contributed by atoms with E-state index in [2.05, 4.69) is 38.0 Å². The minimum atomic E-state index is -0.224. The van der Waals surface area contributed by atoms with Gasteiger partial charge in [-0.2, -0.15) is 0 Å². The quantitative estimate of drug-likeness (QED) is 0.567. The fourth-order valence-corrected chi connectivity index (χ4v) is 8.43. The third-order valence-corrected chi connectivity index (χ3v) is 8.50. The molecule has 2 fully saturated rings. The van der Waals surface area contributed by atoms with Crippen molar-refractivity contribution in [2.75, 3.05) is 33.9 Å². The number of hydrogen-bond acceptors (Lipinski definition) is 5. The average Bonchev–Trinajstić information content (AvgIpc) is 2.73. The highest BCUT2D eigenvalue weighted by molar-refractivity contribution is 8.85. The smallest absolute Gasteiger partial charge is 0.172 e. The summed E-state index contributed by atoms with van der Waals surface area (Å²) in [5.41, 5.74) is 0. The van der Waals surface area contributed by atoms with Gasteiger partial charge in [0.15, 0.2) is 11.6 Å². The predicted molar refractivity (Wildman–Crippen MR) is 83.9 cm³/mol. The number of carbonyl (C=O) groups is 2. The van der Waals surface area contributed by atoms with Gasteiger partial charge in [0.25, 0.3) is 0 Å². The van der Waals surface area contributed by atoms with Crippen molar-refractivity contribution in [3.05, 3.63) is 0 Å². The van der Waals surface area contributed by atoms with E-state index < -0.39 is 0 Å². The van der Waals surface area contributed by atoms with Crippen molar-refractivity contribution in [1.29, 1.82) is 0 Å². The largest absolute Gasteiger partial charge is 0.303 e. The maximum atomic E-state index is 12.1. The van der Waals surface area contributed by atoms with Gasteiger partial charge in [-0.05, 0) is 34.6 Å². The van der Waals surface area contributed by atoms with E-state index in [1.54, 1.807) is 10.8 Å². The maximum Gasteiger partial charge on any atom is 0.172 e. The van der Waals surface area contributed by atoms with Crippen LogP contribution >= 0.6 is 20.3 Å². The maximum absolute atomic E-state index is 12.1. The van der Waals surface area contributed by atoms with E-state index in [0.717, 1.165) is 12.2 Å². The topological polar surface area (TPSA) is 40.6 Å². The SMILES string of the molecule is CN(C)C1CS(=C2C(=O)CCCC2=O)SC1N(C)C. The van der Waals surface area contributed by atoms with Crippen molar-refractivity contribution >= 4 is 36.7 Å². The number of likely N-dealkylation sites (N-methyl/N-ethyl adjacent to an activating group) is 2. The second-order valence-electron chi connectivity index (χ2n) is 5.52. The molecule has 1 aliphatic heterocycles. The Morgan fingerprint density at radius 1 is 1.05 bits per heavy atom. The van der Waals surface area contributed by atoms with E-state index in [1.807, 2.05) is 0 Å². The summed E-state index contributed by atoms with van der Waals surface area (Å²) in [4.78, 5) is 29.1. The average molecular weight is 302 g/mol. The molecular formula is C13H22N2O2S2. The first-order chi connectivity index (χ1) is 8.91. The van der Waals surface area contributed by atoms with Crippen molar-refractivity contribution < 1.29 is 9.59 Å². The van der Waals surface area contributed by atoms with Crippen LogP contribution in [-0.2, 0) is 9.59 Å². The lowest BCUT2D eigenvalue weighted by atomic mass is 9.98. The Hall–Kier alpha value is -0.170. The van der Waals surface area contributed by atoms with Crippen LogP contribution in [0.1, 0.15) is 19.3 Å². The van der Waals surface area contributed by atoms with Crippen LogP contribution in [0, 0.1) is 0 Å². The number of Topliss-reactive ketones (excluding diaryl/α,β-unsaturated/α-hetero) is 2. The summed E-state index contributed by atoms with van der Waals surface area (Å²) < 4.78 is 0. The van der Waals surface area contributed by atoms with Crippen LogP contribution in [0.4, 0.5) is 0 Å². The predicted octanol–water partition coefficient (Wildman–Crippen LogP) is 1.23. The molecule has 6 heteroatoms. The van der Waals surface area contributed by atoms with Crippen molar-refractivity contribution in [3.63, 3.8) is 0 Å². The lowest BCUT2D eigenvalue weighted by Crippen LogP contribution is -2.43. The van der Waals surface area contributed by atoms with E-state index in [9.17, 15) is 9.59 Å². The molecule has 0 N–H and O–H groups in total. The number of rotatable bonds is 2. The highest BCUT2D eigenvalue weighted by atomic mass is 33.1. The molecule has 4 nitrogen and oxygen atoms in total. The third kappa shape index (κ3) is 3.12. The summed E-state index contributed by atoms with van der Waals surface area (Å²) in [6.45, 7) is 0. The van der Waals surface area contributed by atoms with Crippen molar-refractivity contribution in [2.45, 2.75) is 30.7 Å². The molecule has 1 saturated carbocycles. The molecule has 1 saturated heterocycles. The summed E-state index contributed by atoms with van der Waals surface area (Å²) in [6, 6.07) is 0.401. The van der Waals surface area contributed by atoms with Gasteiger partial charge in [0.05, 0.1) is 10.2 Å². The van der Waals surface area contributed by atoms with Crippen LogP contribution in [0.2, 0.25) is 0 Å². The van der Waals surface area contributed by atoms with Crippen LogP contribution in [0.25, 0.3) is 0 Å². The van der Waals surface area contributed by atoms with Gasteiger partial charge in [-0.3, -0.25) is 14.5 Å². The van der Waals surface area contributed by atoms with Gasteiger partial charge in [0, 0.05) is 24.6 Å². The van der Waals surface area contributed by atoms with Crippen LogP contribution in [0.3, 0.4) is 0 Å². The van der Waals surface area contributed by atoms with Gasteiger partial charge in [-0.15, -0.1) is 9.52 Å². The monoisotopic (exact) mass is 302 g/mol. The van der Waals surface area contributed by atoms with Gasteiger partial charge in [-0.25, -0.2) is 0 Å². The lowest BCUT2D eigenvalue weighted by Gasteiger charge is -2.28. The lowest BCUT2D eigenvalue weighted by molar-refractivity contribution is -0.118. The van der Waals surface area contributed by atoms with Crippen molar-refractivity contribution in [3.8, 4) is 0 Å². The summed E-state index contributed by atoms with van der Waals surface area (Å²) in [5, 5.41) is 0.355. The van der Waals surface area contributed by atoms with Crippen LogP contribution in [0.5, 0.6) is 0 Å². The van der Waals surface area contributed by atoms with Crippen molar-refractivity contribution in [1.82, 2.24) is 9.80 Å². The Kier molecular flexibility index (Phi) is 4.87. The van der Waals surface area contributed by atoms with E-state index in [4.69, 9.17) is 0 Å². The molecule has 0 radical (unpaired) electrons. The van der Waals surface area contributed by atoms with Gasteiger partial charge in [0.1, 0.15) is 0 Å². The van der Waals surface area contributed by atoms with E-state index in [0.29, 0.717) is 29.1 Å². The first-order valence-electron chi connectivity index (χ1n) is 6.56. The molecule has 3 unspecified atom stereocenters. The highest BCUT2D eigenvalue weighted by Gasteiger charge is 2.38.